The fourth-order valence-electron chi connectivity index (χ4n) is 1.50. The lowest BCUT2D eigenvalue weighted by Crippen LogP contribution is -2.32. The van der Waals surface area contributed by atoms with Crippen LogP contribution in [0.2, 0.25) is 0 Å². The van der Waals surface area contributed by atoms with Gasteiger partial charge in [0.2, 0.25) is 0 Å². The summed E-state index contributed by atoms with van der Waals surface area (Å²) in [6.07, 6.45) is 3.20. The van der Waals surface area contributed by atoms with E-state index in [1.54, 1.807) is 30.3 Å². The van der Waals surface area contributed by atoms with Crippen LogP contribution in [-0.4, -0.2) is 31.3 Å². The summed E-state index contributed by atoms with van der Waals surface area (Å²) in [7, 11) is 1.35. The van der Waals surface area contributed by atoms with E-state index in [1.165, 1.54) is 7.11 Å². The van der Waals surface area contributed by atoms with Crippen molar-refractivity contribution in [2.24, 2.45) is 0 Å². The Balaban J connectivity index is 2.44. The quantitative estimate of drug-likeness (QED) is 0.866. The molecule has 1 aromatic rings. The zero-order valence-corrected chi connectivity index (χ0v) is 12.8. The molecule has 0 bridgehead atoms. The number of esters is 1. The molecule has 0 saturated heterocycles. The minimum absolute atomic E-state index is 0.364. The molecule has 114 valence electrons. The van der Waals surface area contributed by atoms with E-state index in [1.807, 2.05) is 26.8 Å². The fraction of sp³-hybridized carbons (Fsp3) is 0.375. The van der Waals surface area contributed by atoms with Crippen LogP contribution in [0.3, 0.4) is 0 Å². The van der Waals surface area contributed by atoms with Gasteiger partial charge in [0.05, 0.1) is 12.7 Å². The Morgan fingerprint density at radius 3 is 2.33 bits per heavy atom. The van der Waals surface area contributed by atoms with Crippen LogP contribution in [0, 0.1) is 0 Å². The third-order valence-electron chi connectivity index (χ3n) is 2.41. The van der Waals surface area contributed by atoms with Gasteiger partial charge in [-0.3, -0.25) is 0 Å². The van der Waals surface area contributed by atoms with Gasteiger partial charge >= 0.3 is 12.1 Å². The SMILES string of the molecule is COC(=O)c1ccc(/C=C/CNC(=O)OC(C)(C)C)cc1. The molecule has 0 atom stereocenters. The minimum atomic E-state index is -0.502. The molecule has 0 spiro atoms. The molecule has 5 heteroatoms. The Labute approximate surface area is 124 Å². The van der Waals surface area contributed by atoms with Crippen LogP contribution in [-0.2, 0) is 9.47 Å². The van der Waals surface area contributed by atoms with Crippen LogP contribution in [0.25, 0.3) is 6.08 Å². The normalized spacial score (nSPS) is 11.2. The predicted molar refractivity (Wildman–Crippen MR) is 81.1 cm³/mol. The van der Waals surface area contributed by atoms with Crippen LogP contribution >= 0.6 is 0 Å². The number of hydrogen-bond acceptors (Lipinski definition) is 4. The first kappa shape index (κ1) is 16.8. The molecule has 0 saturated carbocycles. The zero-order chi connectivity index (χ0) is 15.9. The molecule has 0 unspecified atom stereocenters. The molecule has 0 aromatic heterocycles. The van der Waals surface area contributed by atoms with Crippen molar-refractivity contribution in [2.75, 3.05) is 13.7 Å². The predicted octanol–water partition coefficient (Wildman–Crippen LogP) is 3.01. The molecule has 0 aliphatic rings. The average Bonchev–Trinajstić information content (AvgIpc) is 2.41. The van der Waals surface area contributed by atoms with Crippen molar-refractivity contribution in [2.45, 2.75) is 26.4 Å². The summed E-state index contributed by atoms with van der Waals surface area (Å²) in [6.45, 7) is 5.80. The maximum Gasteiger partial charge on any atom is 0.407 e. The summed E-state index contributed by atoms with van der Waals surface area (Å²) in [5, 5.41) is 2.63. The highest BCUT2D eigenvalue weighted by atomic mass is 16.6. The second-order valence-corrected chi connectivity index (χ2v) is 5.40. The molecule has 1 amide bonds. The lowest BCUT2D eigenvalue weighted by Gasteiger charge is -2.19. The number of ether oxygens (including phenoxy) is 2. The van der Waals surface area contributed by atoms with Crippen LogP contribution in [0.15, 0.2) is 30.3 Å². The first-order valence-electron chi connectivity index (χ1n) is 6.63. The number of carbonyl (C=O) groups excluding carboxylic acids is 2. The van der Waals surface area contributed by atoms with Gasteiger partial charge in [-0.2, -0.15) is 0 Å². The number of amides is 1. The second kappa shape index (κ2) is 7.47. The van der Waals surface area contributed by atoms with E-state index in [-0.39, 0.29) is 5.97 Å². The van der Waals surface area contributed by atoms with Gasteiger partial charge < -0.3 is 14.8 Å². The highest BCUT2D eigenvalue weighted by Gasteiger charge is 2.14. The topological polar surface area (TPSA) is 64.6 Å². The van der Waals surface area contributed by atoms with E-state index in [0.717, 1.165) is 5.56 Å². The molecular weight excluding hydrogens is 270 g/mol. The third-order valence-corrected chi connectivity index (χ3v) is 2.41. The van der Waals surface area contributed by atoms with Gasteiger partial charge in [0, 0.05) is 6.54 Å². The van der Waals surface area contributed by atoms with Crippen molar-refractivity contribution >= 4 is 18.1 Å². The van der Waals surface area contributed by atoms with Gasteiger partial charge in [0.1, 0.15) is 5.60 Å². The van der Waals surface area contributed by atoms with Gasteiger partial charge in [0.15, 0.2) is 0 Å². The van der Waals surface area contributed by atoms with E-state index in [2.05, 4.69) is 10.1 Å². The monoisotopic (exact) mass is 291 g/mol. The standard InChI is InChI=1S/C16H21NO4/c1-16(2,3)21-15(19)17-11-5-6-12-7-9-13(10-8-12)14(18)20-4/h5-10H,11H2,1-4H3,(H,17,19)/b6-5+. The summed E-state index contributed by atoms with van der Waals surface area (Å²) in [5.41, 5.74) is 0.924. The van der Waals surface area contributed by atoms with E-state index in [0.29, 0.717) is 12.1 Å². The molecule has 5 nitrogen and oxygen atoms in total. The maximum atomic E-state index is 11.4. The van der Waals surface area contributed by atoms with E-state index in [4.69, 9.17) is 4.74 Å². The van der Waals surface area contributed by atoms with Crippen molar-refractivity contribution in [3.63, 3.8) is 0 Å². The maximum absolute atomic E-state index is 11.4. The molecule has 21 heavy (non-hydrogen) atoms. The Hall–Kier alpha value is -2.30. The molecule has 0 aliphatic heterocycles. The summed E-state index contributed by atoms with van der Waals surface area (Å²) >= 11 is 0. The number of methoxy groups -OCH3 is 1. The van der Waals surface area contributed by atoms with E-state index >= 15 is 0 Å². The smallest absolute Gasteiger partial charge is 0.407 e. The van der Waals surface area contributed by atoms with Crippen molar-refractivity contribution in [1.82, 2.24) is 5.32 Å². The summed E-state index contributed by atoms with van der Waals surface area (Å²) in [4.78, 5) is 22.7. The van der Waals surface area contributed by atoms with Gasteiger partial charge in [-0.15, -0.1) is 0 Å². The van der Waals surface area contributed by atoms with Gasteiger partial charge in [-0.05, 0) is 38.5 Å². The number of benzene rings is 1. The number of hydrogen-bond donors (Lipinski definition) is 1. The third kappa shape index (κ3) is 6.61. The van der Waals surface area contributed by atoms with Crippen molar-refractivity contribution < 1.29 is 19.1 Å². The van der Waals surface area contributed by atoms with Crippen LogP contribution in [0.1, 0.15) is 36.7 Å². The molecule has 1 aromatic carbocycles. The summed E-state index contributed by atoms with van der Waals surface area (Å²) in [5.74, 6) is -0.364. The van der Waals surface area contributed by atoms with Crippen LogP contribution in [0.4, 0.5) is 4.79 Å². The first-order chi connectivity index (χ1) is 9.81. The minimum Gasteiger partial charge on any atom is -0.465 e. The highest BCUT2D eigenvalue weighted by Crippen LogP contribution is 2.08. The molecule has 1 N–H and O–H groups in total. The Bertz CT molecular complexity index is 512. The highest BCUT2D eigenvalue weighted by molar-refractivity contribution is 5.89. The fourth-order valence-corrected chi connectivity index (χ4v) is 1.50. The molecular formula is C16H21NO4. The number of carbonyl (C=O) groups is 2. The number of alkyl carbamates (subject to hydrolysis) is 1. The molecule has 0 radical (unpaired) electrons. The Kier molecular flexibility index (Phi) is 5.96. The van der Waals surface area contributed by atoms with Crippen LogP contribution < -0.4 is 5.32 Å². The summed E-state index contributed by atoms with van der Waals surface area (Å²) in [6, 6.07) is 6.98. The average molecular weight is 291 g/mol. The molecule has 0 heterocycles. The van der Waals surface area contributed by atoms with Crippen LogP contribution in [0.5, 0.6) is 0 Å². The number of rotatable bonds is 4. The lowest BCUT2D eigenvalue weighted by molar-refractivity contribution is 0.0532. The first-order valence-corrected chi connectivity index (χ1v) is 6.63. The van der Waals surface area contributed by atoms with Gasteiger partial charge in [-0.25, -0.2) is 9.59 Å². The lowest BCUT2D eigenvalue weighted by atomic mass is 10.1. The molecule has 1 rings (SSSR count). The van der Waals surface area contributed by atoms with E-state index in [9.17, 15) is 9.59 Å². The second-order valence-electron chi connectivity index (χ2n) is 5.40. The Morgan fingerprint density at radius 1 is 1.19 bits per heavy atom. The summed E-state index contributed by atoms with van der Waals surface area (Å²) < 4.78 is 9.73. The van der Waals surface area contributed by atoms with Crippen molar-refractivity contribution in [1.29, 1.82) is 0 Å². The largest absolute Gasteiger partial charge is 0.465 e. The Morgan fingerprint density at radius 2 is 1.81 bits per heavy atom. The van der Waals surface area contributed by atoms with Crippen molar-refractivity contribution in [3.05, 3.63) is 41.5 Å². The number of nitrogens with one attached hydrogen (secondary N) is 1. The van der Waals surface area contributed by atoms with Gasteiger partial charge in [-0.1, -0.05) is 24.3 Å². The molecule has 0 aliphatic carbocycles. The van der Waals surface area contributed by atoms with E-state index < -0.39 is 11.7 Å². The van der Waals surface area contributed by atoms with Crippen molar-refractivity contribution in [3.8, 4) is 0 Å². The van der Waals surface area contributed by atoms with Gasteiger partial charge in [0.25, 0.3) is 0 Å². The molecule has 0 fully saturated rings. The zero-order valence-electron chi connectivity index (χ0n) is 12.8.